The second-order valence-corrected chi connectivity index (χ2v) is 3.99. The zero-order chi connectivity index (χ0) is 11.8. The molecule has 0 aliphatic carbocycles. The van der Waals surface area contributed by atoms with Gasteiger partial charge in [0.15, 0.2) is 0 Å². The van der Waals surface area contributed by atoms with Gasteiger partial charge < -0.3 is 15.4 Å². The summed E-state index contributed by atoms with van der Waals surface area (Å²) in [6.07, 6.45) is 2.27. The van der Waals surface area contributed by atoms with Crippen LogP contribution in [0.4, 0.5) is 5.69 Å². The van der Waals surface area contributed by atoms with Gasteiger partial charge in [0.1, 0.15) is 0 Å². The maximum Gasteiger partial charge on any atom is 0.0462 e. The number of hydrogen-bond donors (Lipinski definition) is 1. The van der Waals surface area contributed by atoms with Crippen molar-refractivity contribution in [3.8, 4) is 0 Å². The van der Waals surface area contributed by atoms with Crippen LogP contribution in [0.3, 0.4) is 0 Å². The van der Waals surface area contributed by atoms with E-state index in [9.17, 15) is 0 Å². The topological polar surface area (TPSA) is 38.5 Å². The summed E-state index contributed by atoms with van der Waals surface area (Å²) in [6, 6.07) is 8.42. The fourth-order valence-corrected chi connectivity index (χ4v) is 1.61. The smallest absolute Gasteiger partial charge is 0.0462 e. The first-order valence-electron chi connectivity index (χ1n) is 5.77. The number of nitrogens with zero attached hydrogens (tertiary/aromatic N) is 1. The predicted molar refractivity (Wildman–Crippen MR) is 68.7 cm³/mol. The summed E-state index contributed by atoms with van der Waals surface area (Å²) < 4.78 is 5.03. The molecular weight excluding hydrogens is 200 g/mol. The van der Waals surface area contributed by atoms with Crippen LogP contribution < -0.4 is 10.6 Å². The van der Waals surface area contributed by atoms with Crippen molar-refractivity contribution >= 4 is 5.69 Å². The molecule has 0 bridgehead atoms. The van der Waals surface area contributed by atoms with Gasteiger partial charge in [-0.15, -0.1) is 0 Å². The minimum absolute atomic E-state index is 0.609. The molecule has 0 fully saturated rings. The van der Waals surface area contributed by atoms with Crippen LogP contribution in [0.2, 0.25) is 0 Å². The fourth-order valence-electron chi connectivity index (χ4n) is 1.61. The molecule has 0 aromatic heterocycles. The SMILES string of the molecule is COCCCCN(C)c1ccc(CN)cc1. The predicted octanol–water partition coefficient (Wildman–Crippen LogP) is 2.01. The zero-order valence-electron chi connectivity index (χ0n) is 10.3. The second-order valence-electron chi connectivity index (χ2n) is 3.99. The number of methoxy groups -OCH3 is 1. The van der Waals surface area contributed by atoms with E-state index in [4.69, 9.17) is 10.5 Å². The molecule has 16 heavy (non-hydrogen) atoms. The lowest BCUT2D eigenvalue weighted by Gasteiger charge is -2.19. The van der Waals surface area contributed by atoms with Gasteiger partial charge in [-0.3, -0.25) is 0 Å². The number of anilines is 1. The third-order valence-electron chi connectivity index (χ3n) is 2.70. The molecule has 0 heterocycles. The highest BCUT2D eigenvalue weighted by Gasteiger charge is 2.00. The van der Waals surface area contributed by atoms with E-state index in [1.54, 1.807) is 7.11 Å². The first-order valence-corrected chi connectivity index (χ1v) is 5.77. The monoisotopic (exact) mass is 222 g/mol. The van der Waals surface area contributed by atoms with Gasteiger partial charge in [-0.05, 0) is 30.5 Å². The molecule has 0 saturated heterocycles. The summed E-state index contributed by atoms with van der Waals surface area (Å²) in [5.74, 6) is 0. The van der Waals surface area contributed by atoms with E-state index in [1.165, 1.54) is 11.3 Å². The Hall–Kier alpha value is -1.06. The van der Waals surface area contributed by atoms with Crippen LogP contribution in [0, 0.1) is 0 Å². The van der Waals surface area contributed by atoms with E-state index in [0.717, 1.165) is 26.0 Å². The lowest BCUT2D eigenvalue weighted by molar-refractivity contribution is 0.193. The van der Waals surface area contributed by atoms with Crippen LogP contribution in [0.5, 0.6) is 0 Å². The van der Waals surface area contributed by atoms with Crippen molar-refractivity contribution in [3.63, 3.8) is 0 Å². The summed E-state index contributed by atoms with van der Waals surface area (Å²) >= 11 is 0. The molecule has 0 aliphatic heterocycles. The van der Waals surface area contributed by atoms with Gasteiger partial charge in [0.25, 0.3) is 0 Å². The average Bonchev–Trinajstić information content (AvgIpc) is 2.34. The molecule has 90 valence electrons. The van der Waals surface area contributed by atoms with Crippen molar-refractivity contribution in [3.05, 3.63) is 29.8 Å². The Kier molecular flexibility index (Phi) is 5.90. The molecule has 0 unspecified atom stereocenters. The highest BCUT2D eigenvalue weighted by atomic mass is 16.5. The Bertz CT molecular complexity index is 284. The van der Waals surface area contributed by atoms with Gasteiger partial charge in [-0.2, -0.15) is 0 Å². The summed E-state index contributed by atoms with van der Waals surface area (Å²) in [5, 5.41) is 0. The molecule has 1 aromatic rings. The highest BCUT2D eigenvalue weighted by molar-refractivity contribution is 5.46. The first-order chi connectivity index (χ1) is 7.77. The van der Waals surface area contributed by atoms with Crippen LogP contribution in [0.15, 0.2) is 24.3 Å². The molecule has 2 N–H and O–H groups in total. The number of rotatable bonds is 7. The Labute approximate surface area is 98.2 Å². The van der Waals surface area contributed by atoms with E-state index in [-0.39, 0.29) is 0 Å². The lowest BCUT2D eigenvalue weighted by atomic mass is 10.2. The number of hydrogen-bond acceptors (Lipinski definition) is 3. The highest BCUT2D eigenvalue weighted by Crippen LogP contribution is 2.14. The van der Waals surface area contributed by atoms with Gasteiger partial charge in [0, 0.05) is 39.5 Å². The Morgan fingerprint density at radius 2 is 1.88 bits per heavy atom. The number of unbranched alkanes of at least 4 members (excludes halogenated alkanes) is 1. The van der Waals surface area contributed by atoms with Gasteiger partial charge >= 0.3 is 0 Å². The van der Waals surface area contributed by atoms with Crippen molar-refractivity contribution in [1.29, 1.82) is 0 Å². The summed E-state index contributed by atoms with van der Waals surface area (Å²) in [6.45, 7) is 2.52. The molecular formula is C13H22N2O. The largest absolute Gasteiger partial charge is 0.385 e. The molecule has 3 nitrogen and oxygen atoms in total. The van der Waals surface area contributed by atoms with Gasteiger partial charge in [0.2, 0.25) is 0 Å². The van der Waals surface area contributed by atoms with Crippen molar-refractivity contribution in [2.24, 2.45) is 5.73 Å². The minimum Gasteiger partial charge on any atom is -0.385 e. The van der Waals surface area contributed by atoms with E-state index in [2.05, 4.69) is 36.2 Å². The quantitative estimate of drug-likeness (QED) is 0.717. The van der Waals surface area contributed by atoms with Crippen LogP contribution in [-0.4, -0.2) is 27.3 Å². The molecule has 0 amide bonds. The number of ether oxygens (including phenoxy) is 1. The van der Waals surface area contributed by atoms with Crippen molar-refractivity contribution in [2.45, 2.75) is 19.4 Å². The molecule has 0 spiro atoms. The average molecular weight is 222 g/mol. The van der Waals surface area contributed by atoms with Crippen molar-refractivity contribution < 1.29 is 4.74 Å². The van der Waals surface area contributed by atoms with E-state index < -0.39 is 0 Å². The third kappa shape index (κ3) is 4.21. The van der Waals surface area contributed by atoms with Crippen molar-refractivity contribution in [1.82, 2.24) is 0 Å². The lowest BCUT2D eigenvalue weighted by Crippen LogP contribution is -2.18. The van der Waals surface area contributed by atoms with Crippen LogP contribution in [0.1, 0.15) is 18.4 Å². The molecule has 0 aliphatic rings. The maximum atomic E-state index is 5.56. The van der Waals surface area contributed by atoms with Gasteiger partial charge in [-0.1, -0.05) is 12.1 Å². The number of nitrogens with two attached hydrogens (primary N) is 1. The zero-order valence-corrected chi connectivity index (χ0v) is 10.3. The molecule has 1 rings (SSSR count). The summed E-state index contributed by atoms with van der Waals surface area (Å²) in [4.78, 5) is 2.26. The minimum atomic E-state index is 0.609. The first kappa shape index (κ1) is 13.0. The van der Waals surface area contributed by atoms with E-state index in [1.807, 2.05) is 0 Å². The van der Waals surface area contributed by atoms with E-state index in [0.29, 0.717) is 6.54 Å². The summed E-state index contributed by atoms with van der Waals surface area (Å²) in [7, 11) is 3.86. The normalized spacial score (nSPS) is 10.4. The Balaban J connectivity index is 2.37. The Morgan fingerprint density at radius 1 is 1.19 bits per heavy atom. The molecule has 0 radical (unpaired) electrons. The molecule has 3 heteroatoms. The van der Waals surface area contributed by atoms with Crippen LogP contribution in [-0.2, 0) is 11.3 Å². The van der Waals surface area contributed by atoms with Crippen molar-refractivity contribution in [2.75, 3.05) is 32.2 Å². The molecule has 0 atom stereocenters. The number of benzene rings is 1. The third-order valence-corrected chi connectivity index (χ3v) is 2.70. The maximum absolute atomic E-state index is 5.56. The van der Waals surface area contributed by atoms with E-state index >= 15 is 0 Å². The summed E-state index contributed by atoms with van der Waals surface area (Å²) in [5.41, 5.74) is 7.98. The van der Waals surface area contributed by atoms with Crippen LogP contribution >= 0.6 is 0 Å². The van der Waals surface area contributed by atoms with Gasteiger partial charge in [-0.25, -0.2) is 0 Å². The second kappa shape index (κ2) is 7.25. The Morgan fingerprint density at radius 3 is 2.44 bits per heavy atom. The molecule has 0 saturated carbocycles. The van der Waals surface area contributed by atoms with Crippen LogP contribution in [0.25, 0.3) is 0 Å². The fraction of sp³-hybridized carbons (Fsp3) is 0.538. The standard InChI is InChI=1S/C13H22N2O/c1-15(9-3-4-10-16-2)13-7-5-12(11-14)6-8-13/h5-8H,3-4,9-11,14H2,1-2H3. The van der Waals surface area contributed by atoms with Gasteiger partial charge in [0.05, 0.1) is 0 Å². The molecule has 1 aromatic carbocycles.